The summed E-state index contributed by atoms with van der Waals surface area (Å²) in [7, 11) is 0. The molecule has 1 aromatic rings. The molecule has 0 aromatic carbocycles. The van der Waals surface area contributed by atoms with Crippen molar-refractivity contribution in [2.24, 2.45) is 0 Å². The summed E-state index contributed by atoms with van der Waals surface area (Å²) in [6, 6.07) is 3.02. The summed E-state index contributed by atoms with van der Waals surface area (Å²) in [5.74, 6) is 0.607. The van der Waals surface area contributed by atoms with Crippen LogP contribution in [0.25, 0.3) is 0 Å². The fourth-order valence-electron chi connectivity index (χ4n) is 1.70. The van der Waals surface area contributed by atoms with Gasteiger partial charge in [0, 0.05) is 31.6 Å². The lowest BCUT2D eigenvalue weighted by Crippen LogP contribution is -2.31. The quantitative estimate of drug-likeness (QED) is 0.498. The van der Waals surface area contributed by atoms with Gasteiger partial charge in [-0.1, -0.05) is 0 Å². The van der Waals surface area contributed by atoms with E-state index in [2.05, 4.69) is 20.9 Å². The van der Waals surface area contributed by atoms with Gasteiger partial charge in [0.1, 0.15) is 5.82 Å². The van der Waals surface area contributed by atoms with Crippen molar-refractivity contribution in [1.29, 1.82) is 0 Å². The summed E-state index contributed by atoms with van der Waals surface area (Å²) in [4.78, 5) is 26.1. The van der Waals surface area contributed by atoms with Gasteiger partial charge in [-0.15, -0.1) is 0 Å². The second kappa shape index (κ2) is 8.03. The lowest BCUT2D eigenvalue weighted by Gasteiger charge is -2.10. The van der Waals surface area contributed by atoms with E-state index in [9.17, 15) is 14.9 Å². The summed E-state index contributed by atoms with van der Waals surface area (Å²) in [6.45, 7) is 6.60. The van der Waals surface area contributed by atoms with Crippen LogP contribution in [-0.2, 0) is 4.79 Å². The van der Waals surface area contributed by atoms with E-state index >= 15 is 0 Å². The Morgan fingerprint density at radius 2 is 2.10 bits per heavy atom. The number of rotatable bonds is 8. The molecule has 0 fully saturated rings. The monoisotopic (exact) mass is 295 g/mol. The molecule has 1 aromatic heterocycles. The highest BCUT2D eigenvalue weighted by Gasteiger charge is 2.16. The molecular weight excluding hydrogens is 274 g/mol. The first-order valence-electron chi connectivity index (χ1n) is 6.86. The Morgan fingerprint density at radius 1 is 1.38 bits per heavy atom. The van der Waals surface area contributed by atoms with E-state index in [1.807, 2.05) is 20.8 Å². The molecule has 0 aliphatic rings. The van der Waals surface area contributed by atoms with Crippen LogP contribution in [0.3, 0.4) is 0 Å². The lowest BCUT2D eigenvalue weighted by atomic mass is 10.3. The number of aromatic nitrogens is 1. The molecular formula is C13H21N5O3. The largest absolute Gasteiger partial charge is 0.370 e. The van der Waals surface area contributed by atoms with Gasteiger partial charge in [0.25, 0.3) is 0 Å². The predicted octanol–water partition coefficient (Wildman–Crippen LogP) is 1.75. The predicted molar refractivity (Wildman–Crippen MR) is 81.4 cm³/mol. The molecule has 1 heterocycles. The number of nitrogens with zero attached hydrogens (tertiary/aromatic N) is 2. The van der Waals surface area contributed by atoms with Crippen molar-refractivity contribution in [2.45, 2.75) is 33.2 Å². The van der Waals surface area contributed by atoms with Gasteiger partial charge < -0.3 is 16.0 Å². The maximum Gasteiger partial charge on any atom is 0.311 e. The number of amides is 1. The average Bonchev–Trinajstić information content (AvgIpc) is 2.38. The van der Waals surface area contributed by atoms with E-state index in [1.165, 1.54) is 6.07 Å². The number of nitro groups is 1. The van der Waals surface area contributed by atoms with Crippen LogP contribution in [0.4, 0.5) is 17.3 Å². The molecule has 1 amide bonds. The summed E-state index contributed by atoms with van der Waals surface area (Å²) in [6.07, 6.45) is 0.225. The molecule has 116 valence electrons. The summed E-state index contributed by atoms with van der Waals surface area (Å²) >= 11 is 0. The zero-order valence-corrected chi connectivity index (χ0v) is 12.5. The molecule has 8 heteroatoms. The third kappa shape index (κ3) is 5.64. The molecule has 0 spiro atoms. The number of nitrogens with one attached hydrogen (secondary N) is 3. The van der Waals surface area contributed by atoms with E-state index in [0.29, 0.717) is 12.4 Å². The average molecular weight is 295 g/mol. The summed E-state index contributed by atoms with van der Waals surface area (Å²) in [5, 5.41) is 19.5. The minimum absolute atomic E-state index is 0.0713. The van der Waals surface area contributed by atoms with E-state index in [4.69, 9.17) is 0 Å². The Morgan fingerprint density at radius 3 is 2.67 bits per heavy atom. The molecule has 0 unspecified atom stereocenters. The van der Waals surface area contributed by atoms with Crippen LogP contribution in [0.1, 0.15) is 27.2 Å². The van der Waals surface area contributed by atoms with Crippen LogP contribution >= 0.6 is 0 Å². The highest BCUT2D eigenvalue weighted by molar-refractivity contribution is 5.76. The van der Waals surface area contributed by atoms with Gasteiger partial charge in [0.15, 0.2) is 0 Å². The number of anilines is 2. The fraction of sp³-hybridized carbons (Fsp3) is 0.538. The number of carbonyl (C=O) groups excluding carboxylic acids is 1. The van der Waals surface area contributed by atoms with Crippen molar-refractivity contribution in [3.63, 3.8) is 0 Å². The third-order valence-corrected chi connectivity index (χ3v) is 2.52. The van der Waals surface area contributed by atoms with Gasteiger partial charge in [-0.05, 0) is 26.8 Å². The second-order valence-corrected chi connectivity index (χ2v) is 4.75. The Balaban J connectivity index is 2.69. The van der Waals surface area contributed by atoms with Crippen molar-refractivity contribution < 1.29 is 9.72 Å². The minimum Gasteiger partial charge on any atom is -0.370 e. The zero-order chi connectivity index (χ0) is 15.8. The molecule has 0 atom stereocenters. The van der Waals surface area contributed by atoms with Crippen molar-refractivity contribution in [1.82, 2.24) is 10.3 Å². The van der Waals surface area contributed by atoms with E-state index in [0.717, 1.165) is 0 Å². The van der Waals surface area contributed by atoms with E-state index in [-0.39, 0.29) is 36.4 Å². The molecule has 3 N–H and O–H groups in total. The maximum atomic E-state index is 11.5. The lowest BCUT2D eigenvalue weighted by molar-refractivity contribution is -0.384. The summed E-state index contributed by atoms with van der Waals surface area (Å²) < 4.78 is 0. The van der Waals surface area contributed by atoms with Crippen LogP contribution < -0.4 is 16.0 Å². The van der Waals surface area contributed by atoms with Gasteiger partial charge in [-0.3, -0.25) is 14.9 Å². The van der Waals surface area contributed by atoms with Crippen LogP contribution in [0.15, 0.2) is 12.1 Å². The second-order valence-electron chi connectivity index (χ2n) is 4.75. The molecule has 0 saturated heterocycles. The normalized spacial score (nSPS) is 10.3. The van der Waals surface area contributed by atoms with Crippen molar-refractivity contribution in [3.05, 3.63) is 22.2 Å². The molecule has 8 nitrogen and oxygen atoms in total. The number of pyridine rings is 1. The Hall–Kier alpha value is -2.38. The first kappa shape index (κ1) is 16.7. The minimum atomic E-state index is -0.501. The first-order chi connectivity index (χ1) is 9.93. The van der Waals surface area contributed by atoms with Crippen molar-refractivity contribution >= 4 is 23.2 Å². The fourth-order valence-corrected chi connectivity index (χ4v) is 1.70. The molecule has 0 bridgehead atoms. The number of carbonyl (C=O) groups is 1. The molecule has 0 saturated carbocycles. The Bertz CT molecular complexity index is 505. The molecule has 1 rings (SSSR count). The van der Waals surface area contributed by atoms with Gasteiger partial charge >= 0.3 is 5.69 Å². The topological polar surface area (TPSA) is 109 Å². The number of hydrogen-bond donors (Lipinski definition) is 3. The first-order valence-corrected chi connectivity index (χ1v) is 6.86. The SMILES string of the molecule is CCNc1ccc([N+](=O)[O-])c(NCCC(=O)NC(C)C)n1. The van der Waals surface area contributed by atoms with Crippen LogP contribution in [-0.4, -0.2) is 34.9 Å². The van der Waals surface area contributed by atoms with Gasteiger partial charge in [0.2, 0.25) is 11.7 Å². The standard InChI is InChI=1S/C13H21N5O3/c1-4-14-11-6-5-10(18(20)21)13(17-11)15-8-7-12(19)16-9(2)3/h5-6,9H,4,7-8H2,1-3H3,(H,16,19)(H2,14,15,17). The van der Waals surface area contributed by atoms with E-state index in [1.54, 1.807) is 6.07 Å². The number of hydrogen-bond acceptors (Lipinski definition) is 6. The van der Waals surface area contributed by atoms with Crippen LogP contribution in [0.5, 0.6) is 0 Å². The smallest absolute Gasteiger partial charge is 0.311 e. The van der Waals surface area contributed by atoms with Gasteiger partial charge in [-0.25, -0.2) is 4.98 Å². The Labute approximate surface area is 123 Å². The Kier molecular flexibility index (Phi) is 6.38. The molecule has 21 heavy (non-hydrogen) atoms. The van der Waals surface area contributed by atoms with Crippen LogP contribution in [0.2, 0.25) is 0 Å². The van der Waals surface area contributed by atoms with Gasteiger partial charge in [-0.2, -0.15) is 0 Å². The highest BCUT2D eigenvalue weighted by atomic mass is 16.6. The van der Waals surface area contributed by atoms with Crippen molar-refractivity contribution in [3.8, 4) is 0 Å². The molecule has 0 aliphatic carbocycles. The molecule has 0 aliphatic heterocycles. The molecule has 0 radical (unpaired) electrons. The summed E-state index contributed by atoms with van der Waals surface area (Å²) in [5.41, 5.74) is -0.110. The van der Waals surface area contributed by atoms with Crippen LogP contribution in [0, 0.1) is 10.1 Å². The third-order valence-electron chi connectivity index (χ3n) is 2.52. The van der Waals surface area contributed by atoms with E-state index < -0.39 is 4.92 Å². The maximum absolute atomic E-state index is 11.5. The van der Waals surface area contributed by atoms with Gasteiger partial charge in [0.05, 0.1) is 4.92 Å². The highest BCUT2D eigenvalue weighted by Crippen LogP contribution is 2.23. The zero-order valence-electron chi connectivity index (χ0n) is 12.5. The van der Waals surface area contributed by atoms with Crippen molar-refractivity contribution in [2.75, 3.05) is 23.7 Å².